The Labute approximate surface area is 122 Å². The van der Waals surface area contributed by atoms with Crippen LogP contribution in [-0.2, 0) is 0 Å². The first kappa shape index (κ1) is 16.1. The largest absolute Gasteiger partial charge is 0.496 e. The average Bonchev–Trinajstić information content (AvgIpc) is 2.45. The number of amides is 1. The van der Waals surface area contributed by atoms with Crippen molar-refractivity contribution in [3.63, 3.8) is 0 Å². The van der Waals surface area contributed by atoms with Gasteiger partial charge < -0.3 is 20.6 Å². The van der Waals surface area contributed by atoms with E-state index in [0.717, 1.165) is 6.42 Å². The normalized spacial score (nSPS) is 11.2. The quantitative estimate of drug-likeness (QED) is 0.364. The number of hydrogen-bond acceptors (Lipinski definition) is 4. The molecule has 3 N–H and O–H groups in total. The maximum absolute atomic E-state index is 12.5. The number of carbonyl (C=O) groups excluding carboxylic acids is 1. The number of methoxy groups -OCH3 is 1. The lowest BCUT2D eigenvalue weighted by Crippen LogP contribution is -2.39. The van der Waals surface area contributed by atoms with Crippen molar-refractivity contribution >= 4 is 23.3 Å². The second-order valence-corrected chi connectivity index (χ2v) is 4.60. The Morgan fingerprint density at radius 3 is 2.80 bits per heavy atom. The van der Waals surface area contributed by atoms with E-state index in [2.05, 4.69) is 5.16 Å². The van der Waals surface area contributed by atoms with Crippen LogP contribution in [0.1, 0.15) is 23.7 Å². The van der Waals surface area contributed by atoms with Crippen molar-refractivity contribution in [3.05, 3.63) is 28.8 Å². The molecule has 20 heavy (non-hydrogen) atoms. The number of nitrogens with two attached hydrogens (primary N) is 1. The van der Waals surface area contributed by atoms with Crippen LogP contribution < -0.4 is 10.5 Å². The van der Waals surface area contributed by atoms with Gasteiger partial charge in [-0.2, -0.15) is 0 Å². The Hall–Kier alpha value is -1.95. The van der Waals surface area contributed by atoms with Crippen LogP contribution in [0.4, 0.5) is 0 Å². The highest BCUT2D eigenvalue weighted by atomic mass is 35.5. The second-order valence-electron chi connectivity index (χ2n) is 4.16. The van der Waals surface area contributed by atoms with Crippen molar-refractivity contribution in [3.8, 4) is 5.75 Å². The summed E-state index contributed by atoms with van der Waals surface area (Å²) in [6, 6.07) is 4.81. The summed E-state index contributed by atoms with van der Waals surface area (Å²) < 4.78 is 5.16. The van der Waals surface area contributed by atoms with Gasteiger partial charge in [0.1, 0.15) is 5.75 Å². The van der Waals surface area contributed by atoms with Crippen molar-refractivity contribution in [2.75, 3.05) is 20.2 Å². The summed E-state index contributed by atoms with van der Waals surface area (Å²) in [5.41, 5.74) is 5.82. The molecule has 1 aromatic carbocycles. The Morgan fingerprint density at radius 2 is 2.25 bits per heavy atom. The lowest BCUT2D eigenvalue weighted by molar-refractivity contribution is 0.0775. The average molecular weight is 300 g/mol. The first-order chi connectivity index (χ1) is 9.53. The summed E-state index contributed by atoms with van der Waals surface area (Å²) in [6.07, 6.45) is 0.743. The second kappa shape index (κ2) is 7.59. The van der Waals surface area contributed by atoms with E-state index < -0.39 is 0 Å². The third-order valence-corrected chi connectivity index (χ3v) is 2.89. The molecule has 0 saturated heterocycles. The standard InChI is InChI=1S/C13H18ClN3O3/c1-3-6-17(8-12(15)16-19)13(18)10-7-9(14)4-5-11(10)20-2/h4-5,7,19H,3,6,8H2,1-2H3,(H2,15,16). The number of amidine groups is 1. The number of benzene rings is 1. The molecule has 1 aromatic rings. The molecule has 0 bridgehead atoms. The molecule has 0 unspecified atom stereocenters. The fourth-order valence-electron chi connectivity index (χ4n) is 1.77. The van der Waals surface area contributed by atoms with Crippen LogP contribution in [0.15, 0.2) is 23.4 Å². The minimum Gasteiger partial charge on any atom is -0.496 e. The molecule has 0 spiro atoms. The number of nitrogens with zero attached hydrogens (tertiary/aromatic N) is 2. The molecule has 1 amide bonds. The predicted octanol–water partition coefficient (Wildman–Crippen LogP) is 1.95. The van der Waals surface area contributed by atoms with E-state index in [1.807, 2.05) is 6.92 Å². The molecule has 1 rings (SSSR count). The highest BCUT2D eigenvalue weighted by molar-refractivity contribution is 6.31. The van der Waals surface area contributed by atoms with Crippen molar-refractivity contribution in [1.82, 2.24) is 4.90 Å². The lowest BCUT2D eigenvalue weighted by Gasteiger charge is -2.22. The van der Waals surface area contributed by atoms with Crippen molar-refractivity contribution in [2.45, 2.75) is 13.3 Å². The van der Waals surface area contributed by atoms with Crippen LogP contribution in [0.5, 0.6) is 5.75 Å². The van der Waals surface area contributed by atoms with Gasteiger partial charge in [-0.15, -0.1) is 0 Å². The van der Waals surface area contributed by atoms with Crippen LogP contribution >= 0.6 is 11.6 Å². The van der Waals surface area contributed by atoms with Gasteiger partial charge in [-0.05, 0) is 24.6 Å². The van der Waals surface area contributed by atoms with Gasteiger partial charge in [0.2, 0.25) is 0 Å². The Kier molecular flexibility index (Phi) is 6.11. The number of hydrogen-bond donors (Lipinski definition) is 2. The van der Waals surface area contributed by atoms with E-state index in [1.54, 1.807) is 12.1 Å². The van der Waals surface area contributed by atoms with Crippen LogP contribution in [0.3, 0.4) is 0 Å². The van der Waals surface area contributed by atoms with Crippen LogP contribution in [-0.4, -0.2) is 42.0 Å². The van der Waals surface area contributed by atoms with Gasteiger partial charge in [0.15, 0.2) is 5.84 Å². The minimum atomic E-state index is -0.280. The summed E-state index contributed by atoms with van der Waals surface area (Å²) in [5, 5.41) is 12.0. The van der Waals surface area contributed by atoms with Gasteiger partial charge in [-0.3, -0.25) is 4.79 Å². The summed E-state index contributed by atoms with van der Waals surface area (Å²) in [5.74, 6) is 0.116. The third-order valence-electron chi connectivity index (χ3n) is 2.65. The van der Waals surface area contributed by atoms with Gasteiger partial charge >= 0.3 is 0 Å². The summed E-state index contributed by atoms with van der Waals surface area (Å²) in [7, 11) is 1.48. The van der Waals surface area contributed by atoms with Gasteiger partial charge in [0, 0.05) is 11.6 Å². The number of halogens is 1. The molecule has 0 heterocycles. The summed E-state index contributed by atoms with van der Waals surface area (Å²) in [6.45, 7) is 2.45. The SMILES string of the molecule is CCCN(CC(N)=NO)C(=O)c1cc(Cl)ccc1OC. The van der Waals surface area contributed by atoms with Crippen LogP contribution in [0.25, 0.3) is 0 Å². The number of carbonyl (C=O) groups is 1. The third kappa shape index (κ3) is 4.03. The van der Waals surface area contributed by atoms with Crippen LogP contribution in [0.2, 0.25) is 5.02 Å². The Morgan fingerprint density at radius 1 is 1.55 bits per heavy atom. The fraction of sp³-hybridized carbons (Fsp3) is 0.385. The Balaban J connectivity index is 3.08. The molecule has 0 aliphatic carbocycles. The molecule has 0 saturated carbocycles. The molecule has 6 nitrogen and oxygen atoms in total. The van der Waals surface area contributed by atoms with Gasteiger partial charge in [0.25, 0.3) is 5.91 Å². The molecule has 0 atom stereocenters. The fourth-order valence-corrected chi connectivity index (χ4v) is 1.94. The monoisotopic (exact) mass is 299 g/mol. The van der Waals surface area contributed by atoms with Crippen LogP contribution in [0, 0.1) is 0 Å². The zero-order valence-electron chi connectivity index (χ0n) is 11.5. The zero-order valence-corrected chi connectivity index (χ0v) is 12.2. The molecule has 110 valence electrons. The molecule has 0 aromatic heterocycles. The first-order valence-corrected chi connectivity index (χ1v) is 6.50. The number of ether oxygens (including phenoxy) is 1. The van der Waals surface area contributed by atoms with Crippen molar-refractivity contribution < 1.29 is 14.7 Å². The topological polar surface area (TPSA) is 88.1 Å². The van der Waals surface area contributed by atoms with Gasteiger partial charge in [-0.1, -0.05) is 23.7 Å². The highest BCUT2D eigenvalue weighted by Gasteiger charge is 2.20. The molecular weight excluding hydrogens is 282 g/mol. The lowest BCUT2D eigenvalue weighted by atomic mass is 10.1. The molecule has 0 aliphatic rings. The van der Waals surface area contributed by atoms with E-state index in [9.17, 15) is 4.79 Å². The first-order valence-electron chi connectivity index (χ1n) is 6.12. The van der Waals surface area contributed by atoms with Crippen molar-refractivity contribution in [2.24, 2.45) is 10.9 Å². The minimum absolute atomic E-state index is 0.0344. The molecular formula is C13H18ClN3O3. The van der Waals surface area contributed by atoms with E-state index in [-0.39, 0.29) is 18.3 Å². The molecule has 0 aliphatic heterocycles. The maximum atomic E-state index is 12.5. The van der Waals surface area contributed by atoms with E-state index in [4.69, 9.17) is 27.3 Å². The van der Waals surface area contributed by atoms with E-state index in [1.165, 1.54) is 18.1 Å². The van der Waals surface area contributed by atoms with Gasteiger partial charge in [-0.25, -0.2) is 0 Å². The summed E-state index contributed by atoms with van der Waals surface area (Å²) >= 11 is 5.92. The molecule has 0 radical (unpaired) electrons. The molecule has 0 fully saturated rings. The van der Waals surface area contributed by atoms with Gasteiger partial charge in [0.05, 0.1) is 19.2 Å². The molecule has 7 heteroatoms. The van der Waals surface area contributed by atoms with Crippen molar-refractivity contribution in [1.29, 1.82) is 0 Å². The number of oxime groups is 1. The summed E-state index contributed by atoms with van der Waals surface area (Å²) in [4.78, 5) is 14.0. The predicted molar refractivity (Wildman–Crippen MR) is 77.6 cm³/mol. The Bertz CT molecular complexity index is 506. The number of rotatable bonds is 6. The highest BCUT2D eigenvalue weighted by Crippen LogP contribution is 2.24. The maximum Gasteiger partial charge on any atom is 0.258 e. The zero-order chi connectivity index (χ0) is 15.1. The smallest absolute Gasteiger partial charge is 0.258 e. The van der Waals surface area contributed by atoms with E-state index in [0.29, 0.717) is 22.9 Å². The van der Waals surface area contributed by atoms with E-state index >= 15 is 0 Å².